The van der Waals surface area contributed by atoms with Gasteiger partial charge in [-0.3, -0.25) is 14.9 Å². The maximum Gasteiger partial charge on any atom is 0.280 e. The molecule has 4 nitrogen and oxygen atoms in total. The van der Waals surface area contributed by atoms with E-state index in [1.807, 2.05) is 12.1 Å². The molecule has 0 heterocycles. The zero-order valence-corrected chi connectivity index (χ0v) is 12.1. The monoisotopic (exact) mass is 307 g/mol. The molecule has 0 atom stereocenters. The summed E-state index contributed by atoms with van der Waals surface area (Å²) in [5, 5.41) is 11.5. The molecule has 0 aliphatic rings. The third kappa shape index (κ3) is 3.37. The lowest BCUT2D eigenvalue weighted by atomic mass is 10.1. The predicted molar refractivity (Wildman–Crippen MR) is 78.7 cm³/mol. The summed E-state index contributed by atoms with van der Waals surface area (Å²) < 4.78 is 0. The molecule has 0 saturated heterocycles. The highest BCUT2D eigenvalue weighted by Crippen LogP contribution is 2.32. The molecule has 2 aromatic rings. The van der Waals surface area contributed by atoms with Gasteiger partial charge in [-0.25, -0.2) is 0 Å². The van der Waals surface area contributed by atoms with Gasteiger partial charge in [0, 0.05) is 20.9 Å². The second-order valence-corrected chi connectivity index (χ2v) is 5.63. The Labute approximate surface area is 124 Å². The highest BCUT2D eigenvalue weighted by Gasteiger charge is 2.17. The van der Waals surface area contributed by atoms with Gasteiger partial charge in [-0.1, -0.05) is 23.4 Å². The number of halogens is 1. The van der Waals surface area contributed by atoms with Crippen molar-refractivity contribution >= 4 is 34.8 Å². The van der Waals surface area contributed by atoms with Gasteiger partial charge >= 0.3 is 0 Å². The van der Waals surface area contributed by atoms with E-state index in [-0.39, 0.29) is 17.0 Å². The molecular weight excluding hydrogens is 298 g/mol. The predicted octanol–water partition coefficient (Wildman–Crippen LogP) is 4.60. The van der Waals surface area contributed by atoms with Crippen LogP contribution >= 0.6 is 23.4 Å². The minimum atomic E-state index is -0.548. The molecule has 0 fully saturated rings. The molecular formula is C14H10ClNO3S. The van der Waals surface area contributed by atoms with Crippen LogP contribution in [-0.2, 0) is 0 Å². The minimum absolute atomic E-state index is 0.119. The number of hydrogen-bond acceptors (Lipinski definition) is 4. The van der Waals surface area contributed by atoms with Gasteiger partial charge < -0.3 is 0 Å². The molecule has 20 heavy (non-hydrogen) atoms. The van der Waals surface area contributed by atoms with Crippen LogP contribution in [-0.4, -0.2) is 10.7 Å². The van der Waals surface area contributed by atoms with Crippen LogP contribution in [0, 0.1) is 10.1 Å². The Morgan fingerprint density at radius 2 is 1.75 bits per heavy atom. The Morgan fingerprint density at radius 1 is 1.15 bits per heavy atom. The number of Topliss-reactive ketones (excluding diaryl/α,β-unsaturated/α-hetero) is 1. The van der Waals surface area contributed by atoms with Crippen molar-refractivity contribution < 1.29 is 9.72 Å². The van der Waals surface area contributed by atoms with Crippen LogP contribution in [0.25, 0.3) is 0 Å². The lowest BCUT2D eigenvalue weighted by Crippen LogP contribution is -2.00. The Kier molecular flexibility index (Phi) is 4.42. The van der Waals surface area contributed by atoms with Crippen LogP contribution in [0.5, 0.6) is 0 Å². The first kappa shape index (κ1) is 14.6. The topological polar surface area (TPSA) is 60.2 Å². The molecule has 0 aliphatic carbocycles. The Morgan fingerprint density at radius 3 is 2.30 bits per heavy atom. The molecule has 0 aromatic heterocycles. The molecule has 0 amide bonds. The first-order chi connectivity index (χ1) is 9.47. The van der Waals surface area contributed by atoms with E-state index in [1.165, 1.54) is 24.8 Å². The van der Waals surface area contributed by atoms with Crippen LogP contribution in [0.4, 0.5) is 5.69 Å². The summed E-state index contributed by atoms with van der Waals surface area (Å²) in [6.07, 6.45) is 0. The first-order valence-electron chi connectivity index (χ1n) is 5.70. The molecule has 0 aliphatic heterocycles. The smallest absolute Gasteiger partial charge is 0.280 e. The number of rotatable bonds is 4. The van der Waals surface area contributed by atoms with Crippen molar-refractivity contribution in [3.63, 3.8) is 0 Å². The fourth-order valence-electron chi connectivity index (χ4n) is 1.66. The molecule has 0 radical (unpaired) electrons. The third-order valence-corrected chi connectivity index (χ3v) is 3.84. The van der Waals surface area contributed by atoms with E-state index in [0.717, 1.165) is 9.79 Å². The molecule has 0 unspecified atom stereocenters. The standard InChI is InChI=1S/C14H10ClNO3S/c1-9(17)13-8-12(6-7-14(13)16(18)19)20-11-4-2-10(15)3-5-11/h2-8H,1H3. The van der Waals surface area contributed by atoms with Gasteiger partial charge in [-0.2, -0.15) is 0 Å². The molecule has 6 heteroatoms. The number of ketones is 1. The fraction of sp³-hybridized carbons (Fsp3) is 0.0714. The number of carbonyl (C=O) groups excluding carboxylic acids is 1. The van der Waals surface area contributed by atoms with Crippen LogP contribution in [0.15, 0.2) is 52.3 Å². The summed E-state index contributed by atoms with van der Waals surface area (Å²) in [6, 6.07) is 11.8. The largest absolute Gasteiger partial charge is 0.294 e. The normalized spacial score (nSPS) is 10.3. The van der Waals surface area contributed by atoms with Gasteiger partial charge in [0.05, 0.1) is 10.5 Å². The van der Waals surface area contributed by atoms with Crippen LogP contribution < -0.4 is 0 Å². The van der Waals surface area contributed by atoms with Crippen molar-refractivity contribution in [2.45, 2.75) is 16.7 Å². The number of nitro groups is 1. The Balaban J connectivity index is 2.34. The lowest BCUT2D eigenvalue weighted by molar-refractivity contribution is -0.385. The SMILES string of the molecule is CC(=O)c1cc(Sc2ccc(Cl)cc2)ccc1[N+](=O)[O-]. The van der Waals surface area contributed by atoms with E-state index in [0.29, 0.717) is 5.02 Å². The number of benzene rings is 2. The maximum absolute atomic E-state index is 11.5. The minimum Gasteiger partial charge on any atom is -0.294 e. The zero-order valence-electron chi connectivity index (χ0n) is 10.5. The van der Waals surface area contributed by atoms with E-state index in [2.05, 4.69) is 0 Å². The van der Waals surface area contributed by atoms with Crippen molar-refractivity contribution in [1.82, 2.24) is 0 Å². The molecule has 102 valence electrons. The highest BCUT2D eigenvalue weighted by atomic mass is 35.5. The number of nitro benzene ring substituents is 1. The molecule has 0 bridgehead atoms. The fourth-order valence-corrected chi connectivity index (χ4v) is 2.64. The van der Waals surface area contributed by atoms with Gasteiger partial charge in [-0.15, -0.1) is 0 Å². The first-order valence-corrected chi connectivity index (χ1v) is 6.89. The highest BCUT2D eigenvalue weighted by molar-refractivity contribution is 7.99. The second-order valence-electron chi connectivity index (χ2n) is 4.05. The summed E-state index contributed by atoms with van der Waals surface area (Å²) in [5.74, 6) is -0.324. The third-order valence-electron chi connectivity index (χ3n) is 2.59. The summed E-state index contributed by atoms with van der Waals surface area (Å²) in [4.78, 5) is 23.5. The van der Waals surface area contributed by atoms with E-state index in [4.69, 9.17) is 11.6 Å². The van der Waals surface area contributed by atoms with Gasteiger partial charge in [0.25, 0.3) is 5.69 Å². The van der Waals surface area contributed by atoms with Crippen molar-refractivity contribution in [2.75, 3.05) is 0 Å². The number of carbonyl (C=O) groups is 1. The van der Waals surface area contributed by atoms with E-state index < -0.39 is 4.92 Å². The zero-order chi connectivity index (χ0) is 14.7. The van der Waals surface area contributed by atoms with Crippen molar-refractivity contribution in [1.29, 1.82) is 0 Å². The van der Waals surface area contributed by atoms with Gasteiger partial charge in [-0.05, 0) is 43.3 Å². The lowest BCUT2D eigenvalue weighted by Gasteiger charge is -2.04. The maximum atomic E-state index is 11.5. The second kappa shape index (κ2) is 6.07. The Hall–Kier alpha value is -1.85. The van der Waals surface area contributed by atoms with E-state index in [9.17, 15) is 14.9 Å². The molecule has 0 spiro atoms. The van der Waals surface area contributed by atoms with Crippen LogP contribution in [0.2, 0.25) is 5.02 Å². The average molecular weight is 308 g/mol. The van der Waals surface area contributed by atoms with Crippen molar-refractivity contribution in [3.8, 4) is 0 Å². The molecule has 2 aromatic carbocycles. The molecule has 0 N–H and O–H groups in total. The molecule has 0 saturated carbocycles. The van der Waals surface area contributed by atoms with Gasteiger partial charge in [0.2, 0.25) is 0 Å². The van der Waals surface area contributed by atoms with Gasteiger partial charge in [0.1, 0.15) is 0 Å². The summed E-state index contributed by atoms with van der Waals surface area (Å²) in [5.41, 5.74) is -0.0491. The van der Waals surface area contributed by atoms with Crippen molar-refractivity contribution in [3.05, 3.63) is 63.2 Å². The summed E-state index contributed by atoms with van der Waals surface area (Å²) in [7, 11) is 0. The summed E-state index contributed by atoms with van der Waals surface area (Å²) in [6.45, 7) is 1.32. The number of hydrogen-bond donors (Lipinski definition) is 0. The van der Waals surface area contributed by atoms with Crippen molar-refractivity contribution in [2.24, 2.45) is 0 Å². The van der Waals surface area contributed by atoms with Gasteiger partial charge in [0.15, 0.2) is 5.78 Å². The average Bonchev–Trinajstić information content (AvgIpc) is 2.41. The molecule has 2 rings (SSSR count). The quantitative estimate of drug-likeness (QED) is 0.470. The Bertz CT molecular complexity index is 671. The van der Waals surface area contributed by atoms with Crippen LogP contribution in [0.3, 0.4) is 0 Å². The van der Waals surface area contributed by atoms with E-state index in [1.54, 1.807) is 24.3 Å². The van der Waals surface area contributed by atoms with E-state index >= 15 is 0 Å². The van der Waals surface area contributed by atoms with Crippen LogP contribution in [0.1, 0.15) is 17.3 Å². The summed E-state index contributed by atoms with van der Waals surface area (Å²) >= 11 is 7.22. The number of nitrogens with zero attached hydrogens (tertiary/aromatic N) is 1.